The van der Waals surface area contributed by atoms with Crippen LogP contribution in [0.1, 0.15) is 28.3 Å². The minimum atomic E-state index is -2.72. The Morgan fingerprint density at radius 3 is 2.90 bits per heavy atom. The van der Waals surface area contributed by atoms with Crippen LogP contribution in [0.5, 0.6) is 5.75 Å². The molecule has 0 aliphatic rings. The van der Waals surface area contributed by atoms with Gasteiger partial charge in [-0.1, -0.05) is 12.1 Å². The Balaban J connectivity index is 2.23. The fraction of sp³-hybridized carbons (Fsp3) is 0.231. The first-order chi connectivity index (χ1) is 9.50. The molecule has 0 bridgehead atoms. The number of carbonyl (C=O) groups is 1. The predicted molar refractivity (Wildman–Crippen MR) is 66.0 cm³/mol. The van der Waals surface area contributed by atoms with Crippen molar-refractivity contribution >= 4 is 5.97 Å². The minimum absolute atomic E-state index is 0.0137. The van der Waals surface area contributed by atoms with Crippen LogP contribution in [-0.2, 0) is 6.61 Å². The molecule has 2 aromatic rings. The summed E-state index contributed by atoms with van der Waals surface area (Å²) in [5, 5.41) is 9.07. The van der Waals surface area contributed by atoms with Gasteiger partial charge in [0.15, 0.2) is 5.82 Å². The van der Waals surface area contributed by atoms with Crippen molar-refractivity contribution in [2.24, 2.45) is 0 Å². The number of para-hydroxylation sites is 1. The highest BCUT2D eigenvalue weighted by molar-refractivity contribution is 5.91. The van der Waals surface area contributed by atoms with Gasteiger partial charge in [-0.3, -0.25) is 4.57 Å². The van der Waals surface area contributed by atoms with E-state index in [1.165, 1.54) is 12.3 Å². The largest absolute Gasteiger partial charge is 0.484 e. The van der Waals surface area contributed by atoms with Gasteiger partial charge in [0.2, 0.25) is 0 Å². The van der Waals surface area contributed by atoms with E-state index in [0.717, 1.165) is 6.20 Å². The zero-order valence-electron chi connectivity index (χ0n) is 10.6. The number of aromatic nitrogens is 2. The van der Waals surface area contributed by atoms with Crippen LogP contribution in [0.2, 0.25) is 0 Å². The summed E-state index contributed by atoms with van der Waals surface area (Å²) in [5.41, 5.74) is 0.597. The summed E-state index contributed by atoms with van der Waals surface area (Å²) in [7, 11) is 0. The topological polar surface area (TPSA) is 64.3 Å². The molecule has 0 aliphatic heterocycles. The Morgan fingerprint density at radius 1 is 1.50 bits per heavy atom. The van der Waals surface area contributed by atoms with Gasteiger partial charge in [0.1, 0.15) is 17.9 Å². The standard InChI is InChI=1S/C13H12F2N2O3/c1-8-3-2-4-9(12(18)19)11(8)20-7-10-16-5-6-17(10)13(14)15/h2-6,13H,7H2,1H3,(H,18,19). The molecule has 106 valence electrons. The van der Waals surface area contributed by atoms with E-state index in [0.29, 0.717) is 10.1 Å². The van der Waals surface area contributed by atoms with Crippen LogP contribution in [0.4, 0.5) is 8.78 Å². The molecule has 1 aromatic carbocycles. The van der Waals surface area contributed by atoms with Gasteiger partial charge in [-0.15, -0.1) is 0 Å². The molecular weight excluding hydrogens is 270 g/mol. The predicted octanol–water partition coefficient (Wildman–Crippen LogP) is 2.86. The molecule has 0 fully saturated rings. The SMILES string of the molecule is Cc1cccc(C(=O)O)c1OCc1nccn1C(F)F. The Morgan fingerprint density at radius 2 is 2.25 bits per heavy atom. The Kier molecular flexibility index (Phi) is 3.97. The van der Waals surface area contributed by atoms with Gasteiger partial charge in [0, 0.05) is 12.4 Å². The molecule has 1 heterocycles. The number of alkyl halides is 2. The van der Waals surface area contributed by atoms with Gasteiger partial charge in [0.25, 0.3) is 0 Å². The van der Waals surface area contributed by atoms with Gasteiger partial charge in [0.05, 0.1) is 0 Å². The fourth-order valence-electron chi connectivity index (χ4n) is 1.78. The summed E-state index contributed by atoms with van der Waals surface area (Å²) in [6, 6.07) is 4.66. The molecule has 0 spiro atoms. The summed E-state index contributed by atoms with van der Waals surface area (Å²) in [4.78, 5) is 14.9. The van der Waals surface area contributed by atoms with Gasteiger partial charge < -0.3 is 9.84 Å². The first-order valence-corrected chi connectivity index (χ1v) is 5.76. The van der Waals surface area contributed by atoms with Crippen molar-refractivity contribution < 1.29 is 23.4 Å². The lowest BCUT2D eigenvalue weighted by Crippen LogP contribution is -2.10. The summed E-state index contributed by atoms with van der Waals surface area (Å²) in [6.45, 7) is -1.27. The number of hydrogen-bond acceptors (Lipinski definition) is 3. The van der Waals surface area contributed by atoms with Crippen LogP contribution < -0.4 is 4.74 Å². The molecule has 0 saturated carbocycles. The van der Waals surface area contributed by atoms with Gasteiger partial charge in [-0.25, -0.2) is 9.78 Å². The van der Waals surface area contributed by atoms with E-state index in [-0.39, 0.29) is 23.7 Å². The van der Waals surface area contributed by atoms with E-state index in [2.05, 4.69) is 4.98 Å². The third-order valence-corrected chi connectivity index (χ3v) is 2.75. The summed E-state index contributed by atoms with van der Waals surface area (Å²) >= 11 is 0. The van der Waals surface area contributed by atoms with Crippen molar-refractivity contribution in [2.75, 3.05) is 0 Å². The third-order valence-electron chi connectivity index (χ3n) is 2.75. The van der Waals surface area contributed by atoms with E-state index in [1.54, 1.807) is 19.1 Å². The van der Waals surface area contributed by atoms with Crippen molar-refractivity contribution in [1.29, 1.82) is 0 Å². The highest BCUT2D eigenvalue weighted by atomic mass is 19.3. The van der Waals surface area contributed by atoms with E-state index >= 15 is 0 Å². The molecule has 20 heavy (non-hydrogen) atoms. The lowest BCUT2D eigenvalue weighted by Gasteiger charge is -2.12. The number of carboxylic acids is 1. The smallest absolute Gasteiger partial charge is 0.339 e. The maximum Gasteiger partial charge on any atom is 0.339 e. The highest BCUT2D eigenvalue weighted by Gasteiger charge is 2.16. The zero-order chi connectivity index (χ0) is 14.7. The number of carboxylic acid groups (broad SMARTS) is 1. The third kappa shape index (κ3) is 2.76. The summed E-state index contributed by atoms with van der Waals surface area (Å²) in [5.74, 6) is -0.954. The average Bonchev–Trinajstić information content (AvgIpc) is 2.85. The lowest BCUT2D eigenvalue weighted by atomic mass is 10.1. The van der Waals surface area contributed by atoms with Gasteiger partial charge in [-0.2, -0.15) is 8.78 Å². The van der Waals surface area contributed by atoms with Crippen LogP contribution in [0.25, 0.3) is 0 Å². The maximum atomic E-state index is 12.6. The van der Waals surface area contributed by atoms with Crippen LogP contribution >= 0.6 is 0 Å². The van der Waals surface area contributed by atoms with Gasteiger partial charge in [-0.05, 0) is 18.6 Å². The van der Waals surface area contributed by atoms with E-state index in [9.17, 15) is 13.6 Å². The normalized spacial score (nSPS) is 10.8. The summed E-state index contributed by atoms with van der Waals surface area (Å²) in [6.07, 6.45) is 2.38. The fourth-order valence-corrected chi connectivity index (χ4v) is 1.78. The number of aryl methyl sites for hydroxylation is 1. The second-order valence-electron chi connectivity index (χ2n) is 4.07. The molecule has 0 aliphatic carbocycles. The molecule has 1 N–H and O–H groups in total. The van der Waals surface area contributed by atoms with E-state index < -0.39 is 12.5 Å². The number of benzene rings is 1. The van der Waals surface area contributed by atoms with Crippen molar-refractivity contribution in [3.05, 3.63) is 47.5 Å². The highest BCUT2D eigenvalue weighted by Crippen LogP contribution is 2.24. The zero-order valence-corrected chi connectivity index (χ0v) is 10.6. The second kappa shape index (κ2) is 5.68. The minimum Gasteiger partial charge on any atom is -0.484 e. The van der Waals surface area contributed by atoms with Crippen molar-refractivity contribution in [1.82, 2.24) is 9.55 Å². The number of aromatic carboxylic acids is 1. The first kappa shape index (κ1) is 14.0. The van der Waals surface area contributed by atoms with Crippen LogP contribution in [0, 0.1) is 6.92 Å². The van der Waals surface area contributed by atoms with Crippen molar-refractivity contribution in [3.63, 3.8) is 0 Å². The van der Waals surface area contributed by atoms with Crippen molar-refractivity contribution in [3.8, 4) is 5.75 Å². The first-order valence-electron chi connectivity index (χ1n) is 5.76. The molecule has 2 rings (SSSR count). The second-order valence-corrected chi connectivity index (χ2v) is 4.07. The molecule has 0 amide bonds. The number of halogens is 2. The summed E-state index contributed by atoms with van der Waals surface area (Å²) < 4.78 is 31.3. The molecule has 0 unspecified atom stereocenters. The van der Waals surface area contributed by atoms with Crippen LogP contribution in [0.15, 0.2) is 30.6 Å². The molecule has 5 nitrogen and oxygen atoms in total. The Labute approximate surface area is 113 Å². The molecule has 0 atom stereocenters. The van der Waals surface area contributed by atoms with Crippen LogP contribution in [0.3, 0.4) is 0 Å². The Bertz CT molecular complexity index is 626. The van der Waals surface area contributed by atoms with E-state index in [4.69, 9.17) is 9.84 Å². The quantitative estimate of drug-likeness (QED) is 0.915. The number of rotatable bonds is 5. The molecule has 0 radical (unpaired) electrons. The molecular formula is C13H12F2N2O3. The van der Waals surface area contributed by atoms with E-state index in [1.807, 2.05) is 0 Å². The number of hydrogen-bond donors (Lipinski definition) is 1. The Hall–Kier alpha value is -2.44. The lowest BCUT2D eigenvalue weighted by molar-refractivity contribution is 0.0623. The molecule has 0 saturated heterocycles. The number of nitrogens with zero attached hydrogens (tertiary/aromatic N) is 2. The number of ether oxygens (including phenoxy) is 1. The molecule has 7 heteroatoms. The number of imidazole rings is 1. The van der Waals surface area contributed by atoms with Crippen LogP contribution in [-0.4, -0.2) is 20.6 Å². The van der Waals surface area contributed by atoms with Gasteiger partial charge >= 0.3 is 12.5 Å². The maximum absolute atomic E-state index is 12.6. The monoisotopic (exact) mass is 282 g/mol. The van der Waals surface area contributed by atoms with Crippen molar-refractivity contribution in [2.45, 2.75) is 20.1 Å². The molecule has 1 aromatic heterocycles. The average molecular weight is 282 g/mol.